The van der Waals surface area contributed by atoms with Crippen LogP contribution < -0.4 is 4.90 Å². The van der Waals surface area contributed by atoms with Crippen LogP contribution in [0.1, 0.15) is 35.1 Å². The lowest BCUT2D eigenvalue weighted by atomic mass is 9.96. The molecule has 3 rings (SSSR count). The van der Waals surface area contributed by atoms with Gasteiger partial charge in [0.2, 0.25) is 0 Å². The number of aryl methyl sites for hydroxylation is 3. The highest BCUT2D eigenvalue weighted by atomic mass is 35.5. The van der Waals surface area contributed by atoms with Crippen LogP contribution in [-0.4, -0.2) is 21.7 Å². The minimum Gasteiger partial charge on any atom is -0.304 e. The Morgan fingerprint density at radius 2 is 2.18 bits per heavy atom. The Labute approximate surface area is 133 Å². The van der Waals surface area contributed by atoms with Gasteiger partial charge in [-0.1, -0.05) is 11.6 Å². The zero-order valence-corrected chi connectivity index (χ0v) is 13.5. The molecule has 116 valence electrons. The van der Waals surface area contributed by atoms with Crippen LogP contribution in [0, 0.1) is 12.7 Å². The fourth-order valence-corrected chi connectivity index (χ4v) is 3.25. The fourth-order valence-electron chi connectivity index (χ4n) is 3.01. The van der Waals surface area contributed by atoms with Crippen LogP contribution in [0.4, 0.5) is 10.1 Å². The third-order valence-corrected chi connectivity index (χ3v) is 4.60. The van der Waals surface area contributed by atoms with E-state index in [0.29, 0.717) is 16.4 Å². The number of hydrogen-bond acceptors (Lipinski definition) is 2. The molecule has 0 radical (unpaired) electrons. The average Bonchev–Trinajstić information content (AvgIpc) is 2.71. The summed E-state index contributed by atoms with van der Waals surface area (Å²) in [5.74, 6) is -0.483. The predicted octanol–water partition coefficient (Wildman–Crippen LogP) is 3.50. The number of fused-ring (bicyclic) bond motifs is 1. The van der Waals surface area contributed by atoms with Crippen molar-refractivity contribution in [3.05, 3.63) is 46.0 Å². The highest BCUT2D eigenvalue weighted by Crippen LogP contribution is 2.33. The zero-order valence-electron chi connectivity index (χ0n) is 12.7. The molecule has 0 N–H and O–H groups in total. The minimum absolute atomic E-state index is 0.0248. The van der Waals surface area contributed by atoms with Crippen LogP contribution in [0.25, 0.3) is 0 Å². The van der Waals surface area contributed by atoms with Gasteiger partial charge in [0.05, 0.1) is 10.7 Å². The molecule has 0 unspecified atom stereocenters. The largest absolute Gasteiger partial charge is 0.304 e. The number of benzene rings is 1. The van der Waals surface area contributed by atoms with Crippen molar-refractivity contribution in [2.45, 2.75) is 32.7 Å². The highest BCUT2D eigenvalue weighted by Gasteiger charge is 2.32. The monoisotopic (exact) mass is 321 g/mol. The Bertz CT molecular complexity index is 756. The van der Waals surface area contributed by atoms with Gasteiger partial charge in [-0.2, -0.15) is 5.10 Å². The molecule has 1 amide bonds. The number of rotatable bonds is 1. The van der Waals surface area contributed by atoms with E-state index in [1.54, 1.807) is 24.9 Å². The minimum atomic E-state index is -0.282. The van der Waals surface area contributed by atoms with E-state index >= 15 is 0 Å². The first kappa shape index (κ1) is 15.0. The molecule has 0 bridgehead atoms. The van der Waals surface area contributed by atoms with Crippen LogP contribution in [0.3, 0.4) is 0 Å². The van der Waals surface area contributed by atoms with E-state index < -0.39 is 0 Å². The number of aromatic nitrogens is 2. The zero-order chi connectivity index (χ0) is 16.0. The molecule has 4 nitrogen and oxygen atoms in total. The maximum Gasteiger partial charge on any atom is 0.278 e. The summed E-state index contributed by atoms with van der Waals surface area (Å²) in [4.78, 5) is 14.7. The molecule has 1 aromatic carbocycles. The summed E-state index contributed by atoms with van der Waals surface area (Å²) in [7, 11) is 1.70. The van der Waals surface area contributed by atoms with Gasteiger partial charge in [-0.15, -0.1) is 0 Å². The molecule has 2 aromatic rings. The lowest BCUT2D eigenvalue weighted by molar-refractivity contribution is 0.0966. The van der Waals surface area contributed by atoms with E-state index in [-0.39, 0.29) is 17.8 Å². The molecule has 6 heteroatoms. The maximum absolute atomic E-state index is 13.4. The Balaban J connectivity index is 2.09. The second-order valence-electron chi connectivity index (χ2n) is 5.71. The summed E-state index contributed by atoms with van der Waals surface area (Å²) in [6.07, 6.45) is 1.55. The van der Waals surface area contributed by atoms with Gasteiger partial charge in [0.15, 0.2) is 0 Å². The van der Waals surface area contributed by atoms with Gasteiger partial charge >= 0.3 is 0 Å². The van der Waals surface area contributed by atoms with Crippen molar-refractivity contribution in [2.75, 3.05) is 4.90 Å². The second-order valence-corrected chi connectivity index (χ2v) is 6.09. The Morgan fingerprint density at radius 3 is 2.82 bits per heavy atom. The van der Waals surface area contributed by atoms with Crippen molar-refractivity contribution in [3.8, 4) is 0 Å². The number of carbonyl (C=O) groups is 1. The highest BCUT2D eigenvalue weighted by molar-refractivity contribution is 6.35. The van der Waals surface area contributed by atoms with Crippen LogP contribution in [-0.2, 0) is 13.5 Å². The quantitative estimate of drug-likeness (QED) is 0.806. The maximum atomic E-state index is 13.4. The number of nitrogens with zero attached hydrogens (tertiary/aromatic N) is 3. The van der Waals surface area contributed by atoms with Crippen LogP contribution >= 0.6 is 11.6 Å². The molecule has 0 saturated heterocycles. The standard InChI is InChI=1S/C16H17ClFN3O/c1-9-4-5-11-8-12(18)6-7-13(11)21(9)16(22)15-14(17)10(2)19-20(15)3/h6-9H,4-5H2,1-3H3/t9-/m1/s1. The van der Waals surface area contributed by atoms with E-state index in [4.69, 9.17) is 11.6 Å². The van der Waals surface area contributed by atoms with E-state index in [2.05, 4.69) is 5.10 Å². The van der Waals surface area contributed by atoms with Gasteiger partial charge in [-0.05, 0) is 50.5 Å². The molecular weight excluding hydrogens is 305 g/mol. The van der Waals surface area contributed by atoms with Gasteiger partial charge in [-0.25, -0.2) is 4.39 Å². The van der Waals surface area contributed by atoms with Crippen LogP contribution in [0.5, 0.6) is 0 Å². The molecule has 0 fully saturated rings. The van der Waals surface area contributed by atoms with E-state index in [1.807, 2.05) is 6.92 Å². The van der Waals surface area contributed by atoms with E-state index in [9.17, 15) is 9.18 Å². The van der Waals surface area contributed by atoms with Gasteiger partial charge in [0.25, 0.3) is 5.91 Å². The van der Waals surface area contributed by atoms with Crippen molar-refractivity contribution in [2.24, 2.45) is 7.05 Å². The number of halogens is 2. The molecule has 22 heavy (non-hydrogen) atoms. The van der Waals surface area contributed by atoms with Gasteiger partial charge in [0.1, 0.15) is 11.5 Å². The van der Waals surface area contributed by atoms with Crippen molar-refractivity contribution in [1.82, 2.24) is 9.78 Å². The molecule has 1 aromatic heterocycles. The number of anilines is 1. The normalized spacial score (nSPS) is 17.5. The first-order chi connectivity index (χ1) is 10.4. The van der Waals surface area contributed by atoms with Crippen LogP contribution in [0.15, 0.2) is 18.2 Å². The summed E-state index contributed by atoms with van der Waals surface area (Å²) in [6, 6.07) is 4.57. The van der Waals surface area contributed by atoms with Gasteiger partial charge < -0.3 is 4.90 Å². The Kier molecular flexibility index (Phi) is 3.68. The van der Waals surface area contributed by atoms with Crippen molar-refractivity contribution >= 4 is 23.2 Å². The topological polar surface area (TPSA) is 38.1 Å². The summed E-state index contributed by atoms with van der Waals surface area (Å²) in [5.41, 5.74) is 2.58. The molecule has 0 saturated carbocycles. The summed E-state index contributed by atoms with van der Waals surface area (Å²) < 4.78 is 14.9. The van der Waals surface area contributed by atoms with E-state index in [0.717, 1.165) is 24.1 Å². The Hall–Kier alpha value is -1.88. The fraction of sp³-hybridized carbons (Fsp3) is 0.375. The van der Waals surface area contributed by atoms with Crippen molar-refractivity contribution in [1.29, 1.82) is 0 Å². The Morgan fingerprint density at radius 1 is 1.45 bits per heavy atom. The molecule has 1 atom stereocenters. The second kappa shape index (κ2) is 5.39. The van der Waals surface area contributed by atoms with E-state index in [1.165, 1.54) is 16.8 Å². The average molecular weight is 322 g/mol. The first-order valence-corrected chi connectivity index (χ1v) is 7.59. The molecule has 1 aliphatic heterocycles. The third-order valence-electron chi connectivity index (χ3n) is 4.14. The number of hydrogen-bond donors (Lipinski definition) is 0. The summed E-state index contributed by atoms with van der Waals surface area (Å²) in [5, 5.41) is 4.57. The molecule has 1 aliphatic rings. The lowest BCUT2D eigenvalue weighted by Crippen LogP contribution is -2.43. The smallest absolute Gasteiger partial charge is 0.278 e. The van der Waals surface area contributed by atoms with Gasteiger partial charge in [-0.3, -0.25) is 9.48 Å². The van der Waals surface area contributed by atoms with Gasteiger partial charge in [0, 0.05) is 18.8 Å². The molecule has 2 heterocycles. The van der Waals surface area contributed by atoms with Crippen molar-refractivity contribution < 1.29 is 9.18 Å². The summed E-state index contributed by atoms with van der Waals surface area (Å²) >= 11 is 6.24. The predicted molar refractivity (Wildman–Crippen MR) is 83.9 cm³/mol. The van der Waals surface area contributed by atoms with Crippen molar-refractivity contribution in [3.63, 3.8) is 0 Å². The molecule has 0 spiro atoms. The van der Waals surface area contributed by atoms with Crippen LogP contribution in [0.2, 0.25) is 5.02 Å². The summed E-state index contributed by atoms with van der Waals surface area (Å²) in [6.45, 7) is 3.75. The first-order valence-electron chi connectivity index (χ1n) is 7.21. The number of amides is 1. The number of carbonyl (C=O) groups excluding carboxylic acids is 1. The lowest BCUT2D eigenvalue weighted by Gasteiger charge is -2.35. The third kappa shape index (κ3) is 2.29. The SMILES string of the molecule is Cc1nn(C)c(C(=O)N2c3ccc(F)cc3CC[C@H]2C)c1Cl. The molecule has 0 aliphatic carbocycles. The molecular formula is C16H17ClFN3O.